The molecule has 1 saturated heterocycles. The lowest BCUT2D eigenvalue weighted by Gasteiger charge is -2.21. The summed E-state index contributed by atoms with van der Waals surface area (Å²) in [7, 11) is 5.28. The molecule has 7 nitrogen and oxygen atoms in total. The molecule has 2 amide bonds. The first-order valence-corrected chi connectivity index (χ1v) is 5.90. The molecule has 0 aromatic carbocycles. The first-order valence-electron chi connectivity index (χ1n) is 5.90. The van der Waals surface area contributed by atoms with Crippen LogP contribution in [0, 0.1) is 0 Å². The van der Waals surface area contributed by atoms with E-state index in [4.69, 9.17) is 9.84 Å². The van der Waals surface area contributed by atoms with E-state index in [0.717, 1.165) is 6.42 Å². The summed E-state index contributed by atoms with van der Waals surface area (Å²) in [6.45, 7) is 1.34. The van der Waals surface area contributed by atoms with Gasteiger partial charge in [-0.05, 0) is 20.5 Å². The van der Waals surface area contributed by atoms with E-state index in [9.17, 15) is 9.59 Å². The van der Waals surface area contributed by atoms with E-state index in [1.54, 1.807) is 4.90 Å². The summed E-state index contributed by atoms with van der Waals surface area (Å²) in [5.41, 5.74) is 0. The molecule has 0 bridgehead atoms. The maximum absolute atomic E-state index is 11.8. The molecule has 1 heterocycles. The Hall–Kier alpha value is -1.34. The number of likely N-dealkylation sites (N-methyl/N-ethyl adjacent to an activating group) is 1. The molecular weight excluding hydrogens is 238 g/mol. The van der Waals surface area contributed by atoms with Crippen LogP contribution in [-0.4, -0.2) is 79.9 Å². The zero-order valence-electron chi connectivity index (χ0n) is 11.0. The summed E-state index contributed by atoms with van der Waals surface area (Å²) in [5.74, 6) is -1.08. The number of methoxy groups -OCH3 is 1. The number of likely N-dealkylation sites (tertiary alicyclic amines) is 1. The number of nitrogens with one attached hydrogen (secondary N) is 1. The minimum Gasteiger partial charge on any atom is -0.479 e. The standard InChI is InChI=1S/C11H21N3O4/c1-13(2)8-4-5-14(7-8)11(17)12-6-9(18-3)10(15)16/h8-9H,4-7H2,1-3H3,(H,12,17)(H,15,16). The number of carboxylic acids is 1. The molecule has 0 aromatic heterocycles. The van der Waals surface area contributed by atoms with Gasteiger partial charge >= 0.3 is 12.0 Å². The average molecular weight is 259 g/mol. The van der Waals surface area contributed by atoms with Crippen molar-refractivity contribution >= 4 is 12.0 Å². The number of ether oxygens (including phenoxy) is 1. The van der Waals surface area contributed by atoms with E-state index < -0.39 is 12.1 Å². The molecule has 0 radical (unpaired) electrons. The second-order valence-electron chi connectivity index (χ2n) is 4.60. The van der Waals surface area contributed by atoms with Crippen LogP contribution in [0.5, 0.6) is 0 Å². The summed E-state index contributed by atoms with van der Waals surface area (Å²) in [6, 6.07) is 0.135. The first-order chi connectivity index (χ1) is 8.45. The van der Waals surface area contributed by atoms with Crippen molar-refractivity contribution in [3.63, 3.8) is 0 Å². The third-order valence-corrected chi connectivity index (χ3v) is 3.18. The normalized spacial score (nSPS) is 21.1. The van der Waals surface area contributed by atoms with E-state index in [2.05, 4.69) is 10.2 Å². The van der Waals surface area contributed by atoms with Crippen LogP contribution in [0.15, 0.2) is 0 Å². The Balaban J connectivity index is 2.36. The van der Waals surface area contributed by atoms with Crippen molar-refractivity contribution in [1.29, 1.82) is 0 Å². The maximum Gasteiger partial charge on any atom is 0.334 e. The maximum atomic E-state index is 11.8. The topological polar surface area (TPSA) is 82.1 Å². The second kappa shape index (κ2) is 6.55. The van der Waals surface area contributed by atoms with Gasteiger partial charge in [-0.2, -0.15) is 0 Å². The molecule has 1 aliphatic heterocycles. The van der Waals surface area contributed by atoms with Crippen LogP contribution >= 0.6 is 0 Å². The van der Waals surface area contributed by atoms with Crippen LogP contribution in [0.3, 0.4) is 0 Å². The zero-order valence-corrected chi connectivity index (χ0v) is 11.0. The molecule has 0 aliphatic carbocycles. The highest BCUT2D eigenvalue weighted by molar-refractivity contribution is 5.77. The number of carbonyl (C=O) groups is 2. The molecule has 1 fully saturated rings. The molecule has 1 aliphatic rings. The van der Waals surface area contributed by atoms with Gasteiger partial charge in [-0.15, -0.1) is 0 Å². The predicted octanol–water partition coefficient (Wildman–Crippen LogP) is -0.568. The fraction of sp³-hybridized carbons (Fsp3) is 0.818. The Morgan fingerprint density at radius 1 is 1.56 bits per heavy atom. The highest BCUT2D eigenvalue weighted by Crippen LogP contribution is 2.12. The third kappa shape index (κ3) is 3.85. The summed E-state index contributed by atoms with van der Waals surface area (Å²) in [6.07, 6.45) is -0.0613. The number of carboxylic acid groups (broad SMARTS) is 1. The van der Waals surface area contributed by atoms with Gasteiger partial charge in [0.2, 0.25) is 0 Å². The van der Waals surface area contributed by atoms with Crippen LogP contribution in [0.2, 0.25) is 0 Å². The summed E-state index contributed by atoms with van der Waals surface area (Å²) < 4.78 is 4.74. The second-order valence-corrected chi connectivity index (χ2v) is 4.60. The van der Waals surface area contributed by atoms with Crippen molar-refractivity contribution in [2.45, 2.75) is 18.6 Å². The molecule has 104 valence electrons. The van der Waals surface area contributed by atoms with Crippen LogP contribution in [0.25, 0.3) is 0 Å². The van der Waals surface area contributed by atoms with E-state index in [1.165, 1.54) is 7.11 Å². The van der Waals surface area contributed by atoms with E-state index in [-0.39, 0.29) is 12.6 Å². The first kappa shape index (κ1) is 14.7. The number of carbonyl (C=O) groups excluding carboxylic acids is 1. The molecule has 18 heavy (non-hydrogen) atoms. The minimum atomic E-state index is -1.08. The number of urea groups is 1. The monoisotopic (exact) mass is 259 g/mol. The summed E-state index contributed by atoms with van der Waals surface area (Å²) in [5, 5.41) is 11.3. The zero-order chi connectivity index (χ0) is 13.7. The van der Waals surface area contributed by atoms with Crippen LogP contribution in [0.4, 0.5) is 4.79 Å². The number of rotatable bonds is 5. The Morgan fingerprint density at radius 2 is 2.22 bits per heavy atom. The fourth-order valence-corrected chi connectivity index (χ4v) is 1.91. The Kier molecular flexibility index (Phi) is 5.36. The van der Waals surface area contributed by atoms with Gasteiger partial charge in [0.25, 0.3) is 0 Å². The summed E-state index contributed by atoms with van der Waals surface area (Å²) in [4.78, 5) is 26.3. The Morgan fingerprint density at radius 3 is 2.67 bits per heavy atom. The van der Waals surface area contributed by atoms with E-state index in [0.29, 0.717) is 19.1 Å². The third-order valence-electron chi connectivity index (χ3n) is 3.18. The van der Waals surface area contributed by atoms with Crippen LogP contribution in [0.1, 0.15) is 6.42 Å². The highest BCUT2D eigenvalue weighted by Gasteiger charge is 2.28. The van der Waals surface area contributed by atoms with Gasteiger partial charge in [0, 0.05) is 26.2 Å². The number of amides is 2. The number of nitrogens with zero attached hydrogens (tertiary/aromatic N) is 2. The minimum absolute atomic E-state index is 0.0200. The number of aliphatic carboxylic acids is 1. The van der Waals surface area contributed by atoms with Gasteiger partial charge in [-0.25, -0.2) is 9.59 Å². The molecule has 2 N–H and O–H groups in total. The van der Waals surface area contributed by atoms with Crippen molar-refractivity contribution in [2.75, 3.05) is 40.8 Å². The lowest BCUT2D eigenvalue weighted by Crippen LogP contribution is -2.45. The number of hydrogen-bond donors (Lipinski definition) is 2. The van der Waals surface area contributed by atoms with Crippen molar-refractivity contribution in [3.8, 4) is 0 Å². The molecule has 0 aromatic rings. The van der Waals surface area contributed by atoms with Crippen LogP contribution < -0.4 is 5.32 Å². The quantitative estimate of drug-likeness (QED) is 0.691. The summed E-state index contributed by atoms with van der Waals surface area (Å²) >= 11 is 0. The van der Waals surface area contributed by atoms with E-state index >= 15 is 0 Å². The Bertz CT molecular complexity index is 309. The predicted molar refractivity (Wildman–Crippen MR) is 65.5 cm³/mol. The highest BCUT2D eigenvalue weighted by atomic mass is 16.5. The van der Waals surface area contributed by atoms with E-state index in [1.807, 2.05) is 14.1 Å². The molecule has 2 unspecified atom stereocenters. The fourth-order valence-electron chi connectivity index (χ4n) is 1.91. The van der Waals surface area contributed by atoms with Gasteiger partial charge in [-0.1, -0.05) is 0 Å². The SMILES string of the molecule is COC(CNC(=O)N1CCC(N(C)C)C1)C(=O)O. The largest absolute Gasteiger partial charge is 0.479 e. The van der Waals surface area contributed by atoms with Gasteiger partial charge in [0.1, 0.15) is 0 Å². The number of hydrogen-bond acceptors (Lipinski definition) is 4. The van der Waals surface area contributed by atoms with Crippen molar-refractivity contribution in [2.24, 2.45) is 0 Å². The molecule has 0 saturated carbocycles. The molecule has 2 atom stereocenters. The molecule has 7 heteroatoms. The molecule has 0 spiro atoms. The molecular formula is C11H21N3O4. The lowest BCUT2D eigenvalue weighted by molar-refractivity contribution is -0.148. The van der Waals surface area contributed by atoms with Gasteiger partial charge in [-0.3, -0.25) is 0 Å². The smallest absolute Gasteiger partial charge is 0.334 e. The van der Waals surface area contributed by atoms with Crippen molar-refractivity contribution in [1.82, 2.24) is 15.1 Å². The van der Waals surface area contributed by atoms with Crippen molar-refractivity contribution < 1.29 is 19.4 Å². The van der Waals surface area contributed by atoms with Crippen LogP contribution in [-0.2, 0) is 9.53 Å². The lowest BCUT2D eigenvalue weighted by atomic mass is 10.2. The van der Waals surface area contributed by atoms with Crippen molar-refractivity contribution in [3.05, 3.63) is 0 Å². The van der Waals surface area contributed by atoms with Gasteiger partial charge in [0.15, 0.2) is 6.10 Å². The van der Waals surface area contributed by atoms with Gasteiger partial charge < -0.3 is 25.0 Å². The molecule has 1 rings (SSSR count). The Labute approximate surface area is 107 Å². The van der Waals surface area contributed by atoms with Gasteiger partial charge in [0.05, 0.1) is 6.54 Å². The average Bonchev–Trinajstić information content (AvgIpc) is 2.78.